The fourth-order valence-electron chi connectivity index (χ4n) is 2.78. The van der Waals surface area contributed by atoms with Gasteiger partial charge in [0.15, 0.2) is 6.61 Å². The highest BCUT2D eigenvalue weighted by molar-refractivity contribution is 5.86. The largest absolute Gasteiger partial charge is 0.482 e. The maximum atomic E-state index is 12.2. The van der Waals surface area contributed by atoms with Crippen LogP contribution in [0.1, 0.15) is 22.3 Å². The summed E-state index contributed by atoms with van der Waals surface area (Å²) in [6.45, 7) is 7.30. The molecule has 1 aromatic heterocycles. The fraction of sp³-hybridized carbons (Fsp3) is 0.238. The lowest BCUT2D eigenvalue weighted by atomic mass is 10.1. The van der Waals surface area contributed by atoms with Gasteiger partial charge in [0.25, 0.3) is 0 Å². The minimum absolute atomic E-state index is 0.209. The van der Waals surface area contributed by atoms with Crippen LogP contribution in [0.5, 0.6) is 11.5 Å². The smallest absolute Gasteiger partial charge is 0.349 e. The molecule has 1 heterocycles. The van der Waals surface area contributed by atoms with Gasteiger partial charge in [0.1, 0.15) is 17.1 Å². The lowest BCUT2D eigenvalue weighted by Gasteiger charge is -2.12. The van der Waals surface area contributed by atoms with Gasteiger partial charge in [0, 0.05) is 17.0 Å². The lowest BCUT2D eigenvalue weighted by Crippen LogP contribution is -2.18. The van der Waals surface area contributed by atoms with Gasteiger partial charge >= 0.3 is 11.6 Å². The van der Waals surface area contributed by atoms with Crippen LogP contribution in [0.4, 0.5) is 0 Å². The molecule has 0 saturated heterocycles. The predicted molar refractivity (Wildman–Crippen MR) is 99.0 cm³/mol. The highest BCUT2D eigenvalue weighted by atomic mass is 16.6. The predicted octanol–water partition coefficient (Wildman–Crippen LogP) is 4.01. The molecule has 26 heavy (non-hydrogen) atoms. The third-order valence-corrected chi connectivity index (χ3v) is 4.44. The second-order valence-electron chi connectivity index (χ2n) is 6.27. The maximum Gasteiger partial charge on any atom is 0.349 e. The third kappa shape index (κ3) is 3.47. The third-order valence-electron chi connectivity index (χ3n) is 4.44. The Balaban J connectivity index is 1.78. The molecule has 2 aromatic carbocycles. The first-order valence-corrected chi connectivity index (χ1v) is 8.30. The van der Waals surface area contributed by atoms with Crippen LogP contribution in [0.25, 0.3) is 11.0 Å². The molecule has 0 aliphatic carbocycles. The molecule has 0 fully saturated rings. The second-order valence-corrected chi connectivity index (χ2v) is 6.27. The lowest BCUT2D eigenvalue weighted by molar-refractivity contribution is -0.136. The number of fused-ring (bicyclic) bond motifs is 1. The van der Waals surface area contributed by atoms with E-state index in [1.54, 1.807) is 19.1 Å². The Morgan fingerprint density at radius 3 is 2.50 bits per heavy atom. The van der Waals surface area contributed by atoms with E-state index in [0.717, 1.165) is 22.1 Å². The van der Waals surface area contributed by atoms with Gasteiger partial charge in [-0.2, -0.15) is 0 Å². The average molecular weight is 352 g/mol. The zero-order chi connectivity index (χ0) is 18.8. The Labute approximate surface area is 151 Å². The van der Waals surface area contributed by atoms with Crippen LogP contribution in [0.15, 0.2) is 45.6 Å². The number of aryl methyl sites for hydroxylation is 3. The van der Waals surface area contributed by atoms with Crippen molar-refractivity contribution >= 4 is 16.9 Å². The van der Waals surface area contributed by atoms with Crippen LogP contribution >= 0.6 is 0 Å². The topological polar surface area (TPSA) is 65.7 Å². The van der Waals surface area contributed by atoms with Crippen molar-refractivity contribution in [2.45, 2.75) is 27.7 Å². The van der Waals surface area contributed by atoms with Gasteiger partial charge in [0.05, 0.1) is 0 Å². The number of carbonyl (C=O) groups excluding carboxylic acids is 1. The van der Waals surface area contributed by atoms with Crippen molar-refractivity contribution in [3.05, 3.63) is 69.1 Å². The molecule has 0 aliphatic rings. The Hall–Kier alpha value is -3.08. The normalized spacial score (nSPS) is 10.8. The first kappa shape index (κ1) is 17.7. The van der Waals surface area contributed by atoms with Crippen molar-refractivity contribution in [2.24, 2.45) is 0 Å². The molecule has 3 aromatic rings. The minimum Gasteiger partial charge on any atom is -0.482 e. The van der Waals surface area contributed by atoms with Crippen molar-refractivity contribution in [3.63, 3.8) is 0 Å². The number of ether oxygens (including phenoxy) is 2. The number of hydrogen-bond acceptors (Lipinski definition) is 5. The minimum atomic E-state index is -0.525. The Morgan fingerprint density at radius 1 is 0.962 bits per heavy atom. The monoisotopic (exact) mass is 352 g/mol. The average Bonchev–Trinajstić information content (AvgIpc) is 2.59. The van der Waals surface area contributed by atoms with Crippen molar-refractivity contribution in [2.75, 3.05) is 6.61 Å². The quantitative estimate of drug-likeness (QED) is 0.403. The van der Waals surface area contributed by atoms with Crippen LogP contribution in [0.2, 0.25) is 0 Å². The van der Waals surface area contributed by atoms with Crippen molar-refractivity contribution in [1.82, 2.24) is 0 Å². The summed E-state index contributed by atoms with van der Waals surface area (Å²) in [4.78, 5) is 23.8. The zero-order valence-corrected chi connectivity index (χ0v) is 15.2. The van der Waals surface area contributed by atoms with Crippen molar-refractivity contribution in [3.8, 4) is 11.5 Å². The standard InChI is InChI=1S/C21H20O5/c1-12-6-5-7-17(14(12)3)24-11-20(23)25-18-9-8-16-13(2)10-19(22)26-21(16)15(18)4/h5-10H,11H2,1-4H3. The Bertz CT molecular complexity index is 1050. The summed E-state index contributed by atoms with van der Waals surface area (Å²) in [5, 5.41) is 0.813. The molecule has 0 bridgehead atoms. The van der Waals surface area contributed by atoms with Crippen molar-refractivity contribution in [1.29, 1.82) is 0 Å². The van der Waals surface area contributed by atoms with Crippen LogP contribution in [0.3, 0.4) is 0 Å². The first-order valence-electron chi connectivity index (χ1n) is 8.30. The maximum absolute atomic E-state index is 12.2. The molecule has 3 rings (SSSR count). The summed E-state index contributed by atoms with van der Waals surface area (Å²) < 4.78 is 16.2. The van der Waals surface area contributed by atoms with E-state index in [0.29, 0.717) is 22.6 Å². The first-order chi connectivity index (χ1) is 12.4. The number of esters is 1. The van der Waals surface area contributed by atoms with E-state index < -0.39 is 11.6 Å². The highest BCUT2D eigenvalue weighted by Crippen LogP contribution is 2.28. The molecule has 0 atom stereocenters. The summed E-state index contributed by atoms with van der Waals surface area (Å²) >= 11 is 0. The van der Waals surface area contributed by atoms with E-state index in [1.165, 1.54) is 6.07 Å². The molecule has 0 N–H and O–H groups in total. The van der Waals surface area contributed by atoms with E-state index >= 15 is 0 Å². The van der Waals surface area contributed by atoms with E-state index in [-0.39, 0.29) is 6.61 Å². The summed E-state index contributed by atoms with van der Waals surface area (Å²) in [6.07, 6.45) is 0. The van der Waals surface area contributed by atoms with Crippen LogP contribution in [-0.2, 0) is 4.79 Å². The van der Waals surface area contributed by atoms with Crippen LogP contribution in [-0.4, -0.2) is 12.6 Å². The van der Waals surface area contributed by atoms with Gasteiger partial charge in [-0.15, -0.1) is 0 Å². The molecule has 5 heteroatoms. The molecule has 5 nitrogen and oxygen atoms in total. The molecule has 0 saturated carbocycles. The summed E-state index contributed by atoms with van der Waals surface area (Å²) in [6, 6.07) is 10.6. The summed E-state index contributed by atoms with van der Waals surface area (Å²) in [7, 11) is 0. The van der Waals surface area contributed by atoms with E-state index in [1.807, 2.05) is 39.0 Å². The number of carbonyl (C=O) groups is 1. The van der Waals surface area contributed by atoms with E-state index in [4.69, 9.17) is 13.9 Å². The van der Waals surface area contributed by atoms with Crippen LogP contribution in [0, 0.1) is 27.7 Å². The molecule has 0 unspecified atom stereocenters. The molecule has 0 spiro atoms. The SMILES string of the molecule is Cc1cccc(OCC(=O)Oc2ccc3c(C)cc(=O)oc3c2C)c1C. The summed E-state index contributed by atoms with van der Waals surface area (Å²) in [5.41, 5.74) is 3.49. The second kappa shape index (κ2) is 7.04. The fourth-order valence-corrected chi connectivity index (χ4v) is 2.78. The van der Waals surface area contributed by atoms with Crippen LogP contribution < -0.4 is 15.1 Å². The Kier molecular flexibility index (Phi) is 4.80. The molecule has 0 aliphatic heterocycles. The molecular weight excluding hydrogens is 332 g/mol. The molecule has 0 radical (unpaired) electrons. The van der Waals surface area contributed by atoms with Gasteiger partial charge < -0.3 is 13.9 Å². The van der Waals surface area contributed by atoms with Gasteiger partial charge in [-0.25, -0.2) is 9.59 Å². The van der Waals surface area contributed by atoms with Gasteiger partial charge in [-0.1, -0.05) is 12.1 Å². The van der Waals surface area contributed by atoms with Gasteiger partial charge in [0.2, 0.25) is 0 Å². The summed E-state index contributed by atoms with van der Waals surface area (Å²) in [5.74, 6) is 0.475. The molecule has 134 valence electrons. The van der Waals surface area contributed by atoms with E-state index in [9.17, 15) is 9.59 Å². The number of benzene rings is 2. The number of rotatable bonds is 4. The van der Waals surface area contributed by atoms with Crippen molar-refractivity contribution < 1.29 is 18.7 Å². The van der Waals surface area contributed by atoms with Gasteiger partial charge in [-0.3, -0.25) is 0 Å². The van der Waals surface area contributed by atoms with Gasteiger partial charge in [-0.05, 0) is 62.6 Å². The number of hydrogen-bond donors (Lipinski definition) is 0. The Morgan fingerprint density at radius 2 is 1.73 bits per heavy atom. The zero-order valence-electron chi connectivity index (χ0n) is 15.2. The molecular formula is C21H20O5. The highest BCUT2D eigenvalue weighted by Gasteiger charge is 2.14. The van der Waals surface area contributed by atoms with E-state index in [2.05, 4.69) is 0 Å². The molecule has 0 amide bonds.